The molecular formula is C13H28N2S. The van der Waals surface area contributed by atoms with Crippen molar-refractivity contribution in [1.82, 2.24) is 10.2 Å². The van der Waals surface area contributed by atoms with Gasteiger partial charge >= 0.3 is 0 Å². The third kappa shape index (κ3) is 3.94. The Morgan fingerprint density at radius 3 is 2.69 bits per heavy atom. The van der Waals surface area contributed by atoms with E-state index in [1.165, 1.54) is 38.1 Å². The molecule has 1 fully saturated rings. The van der Waals surface area contributed by atoms with Crippen molar-refractivity contribution < 1.29 is 0 Å². The highest BCUT2D eigenvalue weighted by molar-refractivity contribution is 7.98. The highest BCUT2D eigenvalue weighted by Gasteiger charge is 2.30. The molecule has 1 rings (SSSR count). The third-order valence-corrected chi connectivity index (χ3v) is 4.81. The summed E-state index contributed by atoms with van der Waals surface area (Å²) in [5.74, 6) is 2.09. The zero-order valence-electron chi connectivity index (χ0n) is 11.3. The van der Waals surface area contributed by atoms with E-state index in [2.05, 4.69) is 37.4 Å². The van der Waals surface area contributed by atoms with Crippen LogP contribution in [0.25, 0.3) is 0 Å². The first-order valence-electron chi connectivity index (χ1n) is 6.61. The Balaban J connectivity index is 2.28. The lowest BCUT2D eigenvalue weighted by molar-refractivity contribution is 0.0866. The van der Waals surface area contributed by atoms with Crippen molar-refractivity contribution in [2.75, 3.05) is 32.1 Å². The molecule has 16 heavy (non-hydrogen) atoms. The molecule has 2 nitrogen and oxygen atoms in total. The van der Waals surface area contributed by atoms with Crippen LogP contribution in [0.5, 0.6) is 0 Å². The molecule has 3 atom stereocenters. The van der Waals surface area contributed by atoms with Gasteiger partial charge in [0.25, 0.3) is 0 Å². The quantitative estimate of drug-likeness (QED) is 0.723. The Kier molecular flexibility index (Phi) is 6.78. The number of thioether (sulfide) groups is 1. The minimum Gasteiger partial charge on any atom is -0.317 e. The Labute approximate surface area is 106 Å². The number of unbranched alkanes of at least 4 members (excludes halogenated alkanes) is 1. The van der Waals surface area contributed by atoms with E-state index in [4.69, 9.17) is 0 Å². The average Bonchev–Trinajstić information content (AvgIpc) is 2.30. The monoisotopic (exact) mass is 244 g/mol. The van der Waals surface area contributed by atoms with E-state index in [0.29, 0.717) is 0 Å². The van der Waals surface area contributed by atoms with Crippen molar-refractivity contribution in [3.05, 3.63) is 0 Å². The zero-order chi connectivity index (χ0) is 12.0. The fourth-order valence-corrected chi connectivity index (χ4v) is 3.22. The molecule has 0 aliphatic carbocycles. The first-order valence-corrected chi connectivity index (χ1v) is 8.00. The van der Waals surface area contributed by atoms with E-state index in [9.17, 15) is 0 Å². The summed E-state index contributed by atoms with van der Waals surface area (Å²) in [5.41, 5.74) is 0. The maximum atomic E-state index is 3.45. The van der Waals surface area contributed by atoms with Gasteiger partial charge < -0.3 is 10.2 Å². The fourth-order valence-electron chi connectivity index (χ4n) is 2.72. The van der Waals surface area contributed by atoms with Crippen LogP contribution in [0.4, 0.5) is 0 Å². The van der Waals surface area contributed by atoms with Crippen molar-refractivity contribution in [3.63, 3.8) is 0 Å². The second-order valence-corrected chi connectivity index (χ2v) is 6.01. The molecule has 3 unspecified atom stereocenters. The van der Waals surface area contributed by atoms with Crippen molar-refractivity contribution in [2.24, 2.45) is 5.92 Å². The molecule has 0 amide bonds. The molecular weight excluding hydrogens is 216 g/mol. The lowest BCUT2D eigenvalue weighted by Gasteiger charge is -2.42. The number of likely N-dealkylation sites (tertiary alicyclic amines) is 1. The summed E-state index contributed by atoms with van der Waals surface area (Å²) >= 11 is 1.97. The molecule has 0 radical (unpaired) electrons. The zero-order valence-corrected chi connectivity index (χ0v) is 12.1. The topological polar surface area (TPSA) is 15.3 Å². The van der Waals surface area contributed by atoms with Crippen molar-refractivity contribution in [2.45, 2.75) is 45.2 Å². The summed E-state index contributed by atoms with van der Waals surface area (Å²) in [6, 6.07) is 1.46. The van der Waals surface area contributed by atoms with Crippen LogP contribution in [0, 0.1) is 5.92 Å². The normalized spacial score (nSPS) is 31.9. The molecule has 0 spiro atoms. The molecule has 0 aromatic rings. The van der Waals surface area contributed by atoms with Crippen LogP contribution < -0.4 is 5.32 Å². The predicted octanol–water partition coefficient (Wildman–Crippen LogP) is 2.45. The lowest BCUT2D eigenvalue weighted by atomic mass is 9.87. The molecule has 1 saturated heterocycles. The number of nitrogens with one attached hydrogen (secondary N) is 1. The van der Waals surface area contributed by atoms with E-state index in [1.807, 2.05) is 11.8 Å². The third-order valence-electron chi connectivity index (χ3n) is 4.11. The smallest absolute Gasteiger partial charge is 0.0117 e. The van der Waals surface area contributed by atoms with Crippen LogP contribution in [0.2, 0.25) is 0 Å². The summed E-state index contributed by atoms with van der Waals surface area (Å²) in [6.45, 7) is 7.35. The standard InChI is InChI=1S/C13H28N2S/c1-11-12(2)15(8-5-6-10-16-4)9-7-13(11)14-3/h11-14H,5-10H2,1-4H3. The Bertz CT molecular complexity index is 187. The highest BCUT2D eigenvalue weighted by atomic mass is 32.2. The van der Waals surface area contributed by atoms with Crippen LogP contribution in [0.1, 0.15) is 33.1 Å². The molecule has 96 valence electrons. The molecule has 0 aromatic heterocycles. The number of nitrogens with zero attached hydrogens (tertiary/aromatic N) is 1. The van der Waals surface area contributed by atoms with Gasteiger partial charge in [0.2, 0.25) is 0 Å². The second-order valence-electron chi connectivity index (χ2n) is 5.02. The minimum absolute atomic E-state index is 0.720. The van der Waals surface area contributed by atoms with Gasteiger partial charge in [-0.2, -0.15) is 11.8 Å². The van der Waals surface area contributed by atoms with Crippen LogP contribution in [-0.4, -0.2) is 49.1 Å². The van der Waals surface area contributed by atoms with E-state index in [0.717, 1.165) is 18.0 Å². The largest absolute Gasteiger partial charge is 0.317 e. The van der Waals surface area contributed by atoms with Crippen LogP contribution >= 0.6 is 11.8 Å². The summed E-state index contributed by atoms with van der Waals surface area (Å²) in [4.78, 5) is 2.68. The SMILES string of the molecule is CNC1CCN(CCCCSC)C(C)C1C. The van der Waals surface area contributed by atoms with E-state index >= 15 is 0 Å². The molecule has 1 aliphatic heterocycles. The lowest BCUT2D eigenvalue weighted by Crippen LogP contribution is -2.52. The van der Waals surface area contributed by atoms with Gasteiger partial charge in [-0.25, -0.2) is 0 Å². The number of rotatable bonds is 6. The summed E-state index contributed by atoms with van der Waals surface area (Å²) < 4.78 is 0. The van der Waals surface area contributed by atoms with E-state index in [1.54, 1.807) is 0 Å². The van der Waals surface area contributed by atoms with Crippen molar-refractivity contribution in [3.8, 4) is 0 Å². The highest BCUT2D eigenvalue weighted by Crippen LogP contribution is 2.23. The molecule has 1 N–H and O–H groups in total. The maximum Gasteiger partial charge on any atom is 0.0117 e. The van der Waals surface area contributed by atoms with Gasteiger partial charge in [-0.05, 0) is 64.2 Å². The van der Waals surface area contributed by atoms with Gasteiger partial charge in [0.1, 0.15) is 0 Å². The molecule has 0 saturated carbocycles. The van der Waals surface area contributed by atoms with E-state index < -0.39 is 0 Å². The number of piperidine rings is 1. The first-order chi connectivity index (χ1) is 7.70. The Hall–Kier alpha value is 0.270. The van der Waals surface area contributed by atoms with Crippen LogP contribution in [0.3, 0.4) is 0 Å². The molecule has 3 heteroatoms. The van der Waals surface area contributed by atoms with E-state index in [-0.39, 0.29) is 0 Å². The fraction of sp³-hybridized carbons (Fsp3) is 1.00. The summed E-state index contributed by atoms with van der Waals surface area (Å²) in [5, 5.41) is 3.45. The van der Waals surface area contributed by atoms with Crippen molar-refractivity contribution >= 4 is 11.8 Å². The van der Waals surface area contributed by atoms with Gasteiger partial charge in [0.05, 0.1) is 0 Å². The molecule has 0 aromatic carbocycles. The number of hydrogen-bond acceptors (Lipinski definition) is 3. The maximum absolute atomic E-state index is 3.45. The van der Waals surface area contributed by atoms with Crippen molar-refractivity contribution in [1.29, 1.82) is 0 Å². The number of hydrogen-bond donors (Lipinski definition) is 1. The van der Waals surface area contributed by atoms with Gasteiger partial charge in [-0.3, -0.25) is 0 Å². The molecule has 1 aliphatic rings. The van der Waals surface area contributed by atoms with Gasteiger partial charge in [0.15, 0.2) is 0 Å². The second kappa shape index (κ2) is 7.57. The predicted molar refractivity (Wildman–Crippen MR) is 75.3 cm³/mol. The van der Waals surface area contributed by atoms with Crippen LogP contribution in [0.15, 0.2) is 0 Å². The Morgan fingerprint density at radius 2 is 2.06 bits per heavy atom. The van der Waals surface area contributed by atoms with Gasteiger partial charge in [0, 0.05) is 12.1 Å². The summed E-state index contributed by atoms with van der Waals surface area (Å²) in [6.07, 6.45) is 6.24. The Morgan fingerprint density at radius 1 is 1.31 bits per heavy atom. The molecule has 0 bridgehead atoms. The first kappa shape index (κ1) is 14.3. The molecule has 1 heterocycles. The van der Waals surface area contributed by atoms with Crippen LogP contribution in [-0.2, 0) is 0 Å². The summed E-state index contributed by atoms with van der Waals surface area (Å²) in [7, 11) is 2.10. The average molecular weight is 244 g/mol. The van der Waals surface area contributed by atoms with Gasteiger partial charge in [-0.15, -0.1) is 0 Å². The van der Waals surface area contributed by atoms with Gasteiger partial charge in [-0.1, -0.05) is 6.92 Å². The minimum atomic E-state index is 0.720.